The highest BCUT2D eigenvalue weighted by molar-refractivity contribution is 7.99. The molecule has 7 heteroatoms. The van der Waals surface area contributed by atoms with Crippen molar-refractivity contribution in [1.82, 2.24) is 14.8 Å². The third-order valence-electron chi connectivity index (χ3n) is 5.03. The Morgan fingerprint density at radius 1 is 1.03 bits per heavy atom. The first-order valence-electron chi connectivity index (χ1n) is 10.0. The molecule has 2 aromatic heterocycles. The zero-order valence-corrected chi connectivity index (χ0v) is 19.4. The monoisotopic (exact) mass is 448 g/mol. The number of carbonyl (C=O) groups excluding carboxylic acids is 1. The van der Waals surface area contributed by atoms with Gasteiger partial charge in [-0.2, -0.15) is 0 Å². The van der Waals surface area contributed by atoms with Crippen molar-refractivity contribution >= 4 is 34.7 Å². The van der Waals surface area contributed by atoms with E-state index in [4.69, 9.17) is 0 Å². The van der Waals surface area contributed by atoms with E-state index in [9.17, 15) is 4.79 Å². The van der Waals surface area contributed by atoms with E-state index < -0.39 is 0 Å². The van der Waals surface area contributed by atoms with Crippen LogP contribution in [-0.2, 0) is 11.2 Å². The summed E-state index contributed by atoms with van der Waals surface area (Å²) in [7, 11) is 0. The van der Waals surface area contributed by atoms with Crippen molar-refractivity contribution in [3.8, 4) is 5.69 Å². The molecule has 0 aliphatic carbocycles. The maximum atomic E-state index is 12.5. The third-order valence-corrected chi connectivity index (χ3v) is 6.83. The molecule has 0 saturated carbocycles. The number of thioether (sulfide) groups is 1. The number of hydrogen-bond acceptors (Lipinski definition) is 5. The number of benzene rings is 2. The van der Waals surface area contributed by atoms with Gasteiger partial charge in [0.1, 0.15) is 5.82 Å². The Kier molecular flexibility index (Phi) is 6.53. The summed E-state index contributed by atoms with van der Waals surface area (Å²) in [4.78, 5) is 13.8. The van der Waals surface area contributed by atoms with Crippen LogP contribution in [0.4, 0.5) is 5.69 Å². The first-order valence-corrected chi connectivity index (χ1v) is 11.9. The van der Waals surface area contributed by atoms with E-state index >= 15 is 0 Å². The number of rotatable bonds is 7. The number of anilines is 1. The molecule has 0 radical (unpaired) electrons. The van der Waals surface area contributed by atoms with Crippen molar-refractivity contribution in [2.75, 3.05) is 11.1 Å². The summed E-state index contributed by atoms with van der Waals surface area (Å²) in [6.07, 6.45) is 0.702. The summed E-state index contributed by atoms with van der Waals surface area (Å²) in [6, 6.07) is 18.4. The second-order valence-electron chi connectivity index (χ2n) is 7.46. The average Bonchev–Trinajstić information content (AvgIpc) is 3.40. The van der Waals surface area contributed by atoms with Crippen LogP contribution in [0.15, 0.2) is 65.1 Å². The van der Waals surface area contributed by atoms with Gasteiger partial charge in [0, 0.05) is 22.7 Å². The van der Waals surface area contributed by atoms with Crippen LogP contribution in [0.5, 0.6) is 0 Å². The smallest absolute Gasteiger partial charge is 0.234 e. The van der Waals surface area contributed by atoms with Crippen LogP contribution in [0.1, 0.15) is 27.4 Å². The van der Waals surface area contributed by atoms with Crippen molar-refractivity contribution in [3.63, 3.8) is 0 Å². The van der Waals surface area contributed by atoms with Crippen LogP contribution in [-0.4, -0.2) is 26.4 Å². The molecule has 2 aromatic carbocycles. The average molecular weight is 449 g/mol. The zero-order chi connectivity index (χ0) is 21.8. The van der Waals surface area contributed by atoms with Gasteiger partial charge in [-0.05, 0) is 67.6 Å². The standard InChI is InChI=1S/C24H24N4OS2/c1-16-6-10-20(11-7-16)28-22(14-21-5-4-12-30-21)26-27-24(28)31-15-23(29)25-19-9-8-17(2)18(3)13-19/h4-13H,14-15H2,1-3H3,(H,25,29). The zero-order valence-electron chi connectivity index (χ0n) is 17.8. The second-order valence-corrected chi connectivity index (χ2v) is 9.44. The third kappa shape index (κ3) is 5.24. The molecule has 31 heavy (non-hydrogen) atoms. The lowest BCUT2D eigenvalue weighted by Gasteiger charge is -2.11. The summed E-state index contributed by atoms with van der Waals surface area (Å²) in [6.45, 7) is 6.16. The van der Waals surface area contributed by atoms with Gasteiger partial charge in [-0.15, -0.1) is 21.5 Å². The largest absolute Gasteiger partial charge is 0.325 e. The Hall–Kier alpha value is -2.90. The Bertz CT molecular complexity index is 1180. The Morgan fingerprint density at radius 3 is 2.55 bits per heavy atom. The second kappa shape index (κ2) is 9.49. The highest BCUT2D eigenvalue weighted by atomic mass is 32.2. The normalized spacial score (nSPS) is 10.9. The number of aryl methyl sites for hydroxylation is 3. The number of nitrogens with one attached hydrogen (secondary N) is 1. The van der Waals surface area contributed by atoms with Crippen LogP contribution >= 0.6 is 23.1 Å². The summed E-state index contributed by atoms with van der Waals surface area (Å²) >= 11 is 3.10. The molecule has 0 aliphatic rings. The summed E-state index contributed by atoms with van der Waals surface area (Å²) in [5.74, 6) is 1.06. The van der Waals surface area contributed by atoms with Gasteiger partial charge in [-0.1, -0.05) is 41.6 Å². The van der Waals surface area contributed by atoms with Gasteiger partial charge < -0.3 is 5.32 Å². The quantitative estimate of drug-likeness (QED) is 0.375. The van der Waals surface area contributed by atoms with Crippen LogP contribution in [0.2, 0.25) is 0 Å². The number of aromatic nitrogens is 3. The van der Waals surface area contributed by atoms with Crippen LogP contribution in [0, 0.1) is 20.8 Å². The Labute approximate surface area is 190 Å². The molecule has 1 N–H and O–H groups in total. The molecule has 5 nitrogen and oxygen atoms in total. The van der Waals surface area contributed by atoms with E-state index in [-0.39, 0.29) is 11.7 Å². The summed E-state index contributed by atoms with van der Waals surface area (Å²) < 4.78 is 2.05. The van der Waals surface area contributed by atoms with Crippen LogP contribution in [0.25, 0.3) is 5.69 Å². The van der Waals surface area contributed by atoms with Gasteiger partial charge in [0.15, 0.2) is 5.16 Å². The van der Waals surface area contributed by atoms with Gasteiger partial charge in [0.2, 0.25) is 5.91 Å². The molecule has 4 aromatic rings. The highest BCUT2D eigenvalue weighted by Crippen LogP contribution is 2.25. The molecule has 4 rings (SSSR count). The van der Waals surface area contributed by atoms with Crippen LogP contribution in [0.3, 0.4) is 0 Å². The van der Waals surface area contributed by atoms with E-state index in [0.29, 0.717) is 11.6 Å². The van der Waals surface area contributed by atoms with Crippen LogP contribution < -0.4 is 5.32 Å². The van der Waals surface area contributed by atoms with Gasteiger partial charge in [0.05, 0.1) is 5.75 Å². The van der Waals surface area contributed by atoms with E-state index in [1.165, 1.54) is 27.8 Å². The fraction of sp³-hybridized carbons (Fsp3) is 0.208. The Morgan fingerprint density at radius 2 is 1.84 bits per heavy atom. The number of thiophene rings is 1. The minimum atomic E-state index is -0.0634. The van der Waals surface area contributed by atoms with E-state index in [1.54, 1.807) is 11.3 Å². The molecular weight excluding hydrogens is 424 g/mol. The maximum absolute atomic E-state index is 12.5. The number of nitrogens with zero attached hydrogens (tertiary/aromatic N) is 3. The predicted molar refractivity (Wildman–Crippen MR) is 128 cm³/mol. The van der Waals surface area contributed by atoms with E-state index in [2.05, 4.69) is 65.1 Å². The highest BCUT2D eigenvalue weighted by Gasteiger charge is 2.17. The van der Waals surface area contributed by atoms with E-state index in [0.717, 1.165) is 22.8 Å². The topological polar surface area (TPSA) is 59.8 Å². The van der Waals surface area contributed by atoms with Gasteiger partial charge in [-0.3, -0.25) is 9.36 Å². The van der Waals surface area contributed by atoms with Gasteiger partial charge in [0.25, 0.3) is 0 Å². The van der Waals surface area contributed by atoms with Gasteiger partial charge in [-0.25, -0.2) is 0 Å². The number of hydrogen-bond donors (Lipinski definition) is 1. The lowest BCUT2D eigenvalue weighted by Crippen LogP contribution is -2.15. The first kappa shape index (κ1) is 21.3. The SMILES string of the molecule is Cc1ccc(-n2c(Cc3cccs3)nnc2SCC(=O)Nc2ccc(C)c(C)c2)cc1. The van der Waals surface area contributed by atoms with Gasteiger partial charge >= 0.3 is 0 Å². The van der Waals surface area contributed by atoms with Crippen molar-refractivity contribution < 1.29 is 4.79 Å². The molecule has 0 atom stereocenters. The molecule has 1 amide bonds. The molecular formula is C24H24N4OS2. The molecule has 0 bridgehead atoms. The molecule has 0 aliphatic heterocycles. The fourth-order valence-electron chi connectivity index (χ4n) is 3.18. The van der Waals surface area contributed by atoms with Crippen molar-refractivity contribution in [2.24, 2.45) is 0 Å². The number of amides is 1. The number of carbonyl (C=O) groups is 1. The molecule has 2 heterocycles. The van der Waals surface area contributed by atoms with Crippen molar-refractivity contribution in [1.29, 1.82) is 0 Å². The maximum Gasteiger partial charge on any atom is 0.234 e. The fourth-order valence-corrected chi connectivity index (χ4v) is 4.65. The lowest BCUT2D eigenvalue weighted by molar-refractivity contribution is -0.113. The molecule has 158 valence electrons. The summed E-state index contributed by atoms with van der Waals surface area (Å²) in [5.41, 5.74) is 5.37. The first-order chi connectivity index (χ1) is 15.0. The lowest BCUT2D eigenvalue weighted by atomic mass is 10.1. The van der Waals surface area contributed by atoms with Crippen molar-refractivity contribution in [3.05, 3.63) is 87.4 Å². The Balaban J connectivity index is 1.53. The summed E-state index contributed by atoms with van der Waals surface area (Å²) in [5, 5.41) is 14.6. The predicted octanol–water partition coefficient (Wildman–Crippen LogP) is 5.58. The van der Waals surface area contributed by atoms with E-state index in [1.807, 2.05) is 35.8 Å². The minimum Gasteiger partial charge on any atom is -0.325 e. The molecule has 0 saturated heterocycles. The minimum absolute atomic E-state index is 0.0634. The molecule has 0 fully saturated rings. The van der Waals surface area contributed by atoms with Crippen molar-refractivity contribution in [2.45, 2.75) is 32.3 Å². The molecule has 0 unspecified atom stereocenters. The molecule has 0 spiro atoms.